The van der Waals surface area contributed by atoms with Gasteiger partial charge in [0.05, 0.1) is 32.1 Å². The van der Waals surface area contributed by atoms with Crippen molar-refractivity contribution in [3.63, 3.8) is 0 Å². The Morgan fingerprint density at radius 1 is 0.943 bits per heavy atom. The van der Waals surface area contributed by atoms with Gasteiger partial charge in [-0.1, -0.05) is 121 Å². The molecule has 1 fully saturated rings. The Hall–Kier alpha value is -2.96. The standard InChI is InChI=1S/C38H58N5O9P/c1-2-3-4-5-6-7-8-9-10-11-12-13-14-18-23-49-31(25-48-24-30-19-16-15-17-20-30)26-50-53(46,47)51-27-33-35(44)36(45)38(28-39,52-33)34-22-21-32-37(40)41-29-42-43(32)34/h15-17,19-22,29,31,33,35-36,44-45H,2-14,18,23-27H2,1H3,(H,46,47)(H2,40,41,42)/t31-,33-,35-,36-,38+/m1/s1. The van der Waals surface area contributed by atoms with E-state index < -0.39 is 44.4 Å². The monoisotopic (exact) mass is 759 g/mol. The fourth-order valence-corrected chi connectivity index (χ4v) is 7.27. The summed E-state index contributed by atoms with van der Waals surface area (Å²) in [7, 11) is -4.70. The predicted molar refractivity (Wildman–Crippen MR) is 199 cm³/mol. The second-order valence-corrected chi connectivity index (χ2v) is 15.2. The number of nitrogen functional groups attached to an aromatic ring is 1. The molecule has 1 aromatic carbocycles. The Balaban J connectivity index is 1.20. The Bertz CT molecular complexity index is 1570. The van der Waals surface area contributed by atoms with Crippen molar-refractivity contribution in [2.75, 3.05) is 32.2 Å². The van der Waals surface area contributed by atoms with Crippen LogP contribution >= 0.6 is 7.82 Å². The molecule has 1 unspecified atom stereocenters. The van der Waals surface area contributed by atoms with E-state index in [1.807, 2.05) is 36.4 Å². The quantitative estimate of drug-likeness (QED) is 0.0494. The van der Waals surface area contributed by atoms with Crippen molar-refractivity contribution in [1.29, 1.82) is 5.26 Å². The van der Waals surface area contributed by atoms with Gasteiger partial charge >= 0.3 is 7.82 Å². The summed E-state index contributed by atoms with van der Waals surface area (Å²) in [5.41, 5.74) is 5.26. The fourth-order valence-electron chi connectivity index (χ4n) is 6.51. The molecule has 1 aliphatic rings. The van der Waals surface area contributed by atoms with Crippen LogP contribution in [0.5, 0.6) is 0 Å². The van der Waals surface area contributed by atoms with E-state index in [2.05, 4.69) is 17.0 Å². The van der Waals surface area contributed by atoms with Gasteiger partial charge in [-0.15, -0.1) is 0 Å². The molecule has 0 amide bonds. The summed E-state index contributed by atoms with van der Waals surface area (Å²) >= 11 is 0. The molecular formula is C38H58N5O9P. The number of benzene rings is 1. The number of hydrogen-bond acceptors (Lipinski definition) is 12. The van der Waals surface area contributed by atoms with Crippen LogP contribution in [0.25, 0.3) is 5.52 Å². The molecule has 1 saturated heterocycles. The van der Waals surface area contributed by atoms with Crippen LogP contribution in [0.1, 0.15) is 108 Å². The van der Waals surface area contributed by atoms with Gasteiger partial charge in [0.15, 0.2) is 5.82 Å². The van der Waals surface area contributed by atoms with Crippen LogP contribution in [-0.4, -0.2) is 80.5 Å². The highest BCUT2D eigenvalue weighted by Crippen LogP contribution is 2.46. The van der Waals surface area contributed by atoms with Gasteiger partial charge in [0.25, 0.3) is 0 Å². The number of nitrogens with zero attached hydrogens (tertiary/aromatic N) is 4. The van der Waals surface area contributed by atoms with E-state index in [0.29, 0.717) is 18.7 Å². The highest BCUT2D eigenvalue weighted by atomic mass is 31.2. The van der Waals surface area contributed by atoms with E-state index in [0.717, 1.165) is 24.8 Å². The number of ether oxygens (including phenoxy) is 3. The third-order valence-electron chi connectivity index (χ3n) is 9.58. The van der Waals surface area contributed by atoms with Crippen LogP contribution in [0.4, 0.5) is 5.82 Å². The highest BCUT2D eigenvalue weighted by Gasteiger charge is 2.58. The zero-order valence-electron chi connectivity index (χ0n) is 31.0. The first-order chi connectivity index (χ1) is 25.7. The lowest BCUT2D eigenvalue weighted by Gasteiger charge is -2.24. The molecule has 6 atom stereocenters. The number of unbranched alkanes of at least 4 members (excludes halogenated alkanes) is 13. The minimum absolute atomic E-state index is 0.0934. The van der Waals surface area contributed by atoms with Crippen molar-refractivity contribution in [3.8, 4) is 6.07 Å². The molecule has 0 spiro atoms. The number of nitriles is 1. The molecule has 15 heteroatoms. The van der Waals surface area contributed by atoms with Crippen molar-refractivity contribution in [3.05, 3.63) is 60.0 Å². The first-order valence-corrected chi connectivity index (χ1v) is 20.6. The lowest BCUT2D eigenvalue weighted by atomic mass is 9.92. The summed E-state index contributed by atoms with van der Waals surface area (Å²) in [4.78, 5) is 14.5. The summed E-state index contributed by atoms with van der Waals surface area (Å²) < 4.78 is 42.4. The molecule has 0 radical (unpaired) electrons. The van der Waals surface area contributed by atoms with Gasteiger partial charge in [0, 0.05) is 6.61 Å². The van der Waals surface area contributed by atoms with Crippen molar-refractivity contribution in [1.82, 2.24) is 14.6 Å². The van der Waals surface area contributed by atoms with Gasteiger partial charge in [0.1, 0.15) is 42.3 Å². The molecular weight excluding hydrogens is 701 g/mol. The number of aromatic nitrogens is 3. The zero-order chi connectivity index (χ0) is 37.9. The molecule has 0 aliphatic carbocycles. The molecule has 53 heavy (non-hydrogen) atoms. The maximum absolute atomic E-state index is 13.0. The van der Waals surface area contributed by atoms with Gasteiger partial charge < -0.3 is 35.1 Å². The molecule has 1 aliphatic heterocycles. The van der Waals surface area contributed by atoms with Crippen LogP contribution in [0.3, 0.4) is 0 Å². The number of aliphatic hydroxyl groups excluding tert-OH is 2. The first-order valence-electron chi connectivity index (χ1n) is 19.1. The molecule has 3 aromatic rings. The lowest BCUT2D eigenvalue weighted by Crippen LogP contribution is -2.41. The number of anilines is 1. The third-order valence-corrected chi connectivity index (χ3v) is 10.5. The second-order valence-electron chi connectivity index (χ2n) is 13.7. The highest BCUT2D eigenvalue weighted by molar-refractivity contribution is 7.47. The summed E-state index contributed by atoms with van der Waals surface area (Å²) in [5.74, 6) is 0.137. The fraction of sp³-hybridized carbons (Fsp3) is 0.658. The minimum atomic E-state index is -4.70. The third kappa shape index (κ3) is 13.1. The SMILES string of the molecule is CCCCCCCCCCCCCCCCO[C@H](COCc1ccccc1)COP(=O)(O)OC[C@H]1O[C@@](C#N)(c2ccc3c(N)ncnn23)[C@H](O)[C@@H]1O. The summed E-state index contributed by atoms with van der Waals surface area (Å²) in [6.07, 6.45) is 13.3. The molecule has 5 N–H and O–H groups in total. The van der Waals surface area contributed by atoms with Gasteiger partial charge in [0.2, 0.25) is 5.60 Å². The van der Waals surface area contributed by atoms with Gasteiger partial charge in [-0.25, -0.2) is 14.1 Å². The number of phosphoric acid groups is 1. The molecule has 0 saturated carbocycles. The van der Waals surface area contributed by atoms with Crippen LogP contribution in [-0.2, 0) is 40.0 Å². The molecule has 4 rings (SSSR count). The minimum Gasteiger partial charge on any atom is -0.387 e. The van der Waals surface area contributed by atoms with Crippen LogP contribution < -0.4 is 5.73 Å². The Morgan fingerprint density at radius 2 is 1.58 bits per heavy atom. The topological polar surface area (TPSA) is 204 Å². The average Bonchev–Trinajstić information content (AvgIpc) is 3.71. The van der Waals surface area contributed by atoms with Crippen LogP contribution in [0.15, 0.2) is 48.8 Å². The number of aliphatic hydroxyl groups is 2. The predicted octanol–water partition coefficient (Wildman–Crippen LogP) is 6.37. The number of nitrogens with two attached hydrogens (primary N) is 1. The summed E-state index contributed by atoms with van der Waals surface area (Å²) in [6.45, 7) is 2.19. The van der Waals surface area contributed by atoms with E-state index in [1.54, 1.807) is 6.07 Å². The van der Waals surface area contributed by atoms with Crippen molar-refractivity contribution in [2.45, 2.75) is 133 Å². The van der Waals surface area contributed by atoms with Gasteiger partial charge in [-0.05, 0) is 24.1 Å². The van der Waals surface area contributed by atoms with Gasteiger partial charge in [-0.3, -0.25) is 9.05 Å². The van der Waals surface area contributed by atoms with Crippen LogP contribution in [0.2, 0.25) is 0 Å². The second kappa shape index (κ2) is 22.4. The normalized spacial score (nSPS) is 21.8. The maximum Gasteiger partial charge on any atom is 0.472 e. The average molecular weight is 760 g/mol. The number of hydrogen-bond donors (Lipinski definition) is 4. The first kappa shape index (κ1) is 42.8. The molecule has 14 nitrogen and oxygen atoms in total. The van der Waals surface area contributed by atoms with E-state index in [4.69, 9.17) is 29.0 Å². The number of phosphoric ester groups is 1. The zero-order valence-corrected chi connectivity index (χ0v) is 31.9. The largest absolute Gasteiger partial charge is 0.472 e. The molecule has 2 aromatic heterocycles. The molecule has 0 bridgehead atoms. The Labute approximate surface area is 313 Å². The van der Waals surface area contributed by atoms with E-state index in [1.165, 1.54) is 87.5 Å². The molecule has 294 valence electrons. The van der Waals surface area contributed by atoms with Crippen molar-refractivity contribution < 1.29 is 42.9 Å². The van der Waals surface area contributed by atoms with Crippen molar-refractivity contribution >= 4 is 19.2 Å². The van der Waals surface area contributed by atoms with Crippen molar-refractivity contribution in [2.24, 2.45) is 0 Å². The number of fused-ring (bicyclic) bond motifs is 1. The number of rotatable bonds is 27. The van der Waals surface area contributed by atoms with E-state index in [9.17, 15) is 24.9 Å². The smallest absolute Gasteiger partial charge is 0.387 e. The Morgan fingerprint density at radius 3 is 2.23 bits per heavy atom. The summed E-state index contributed by atoms with van der Waals surface area (Å²) in [5, 5.41) is 36.0. The summed E-state index contributed by atoms with van der Waals surface area (Å²) in [6, 6.07) is 14.6. The molecule has 3 heterocycles. The van der Waals surface area contributed by atoms with E-state index >= 15 is 0 Å². The van der Waals surface area contributed by atoms with Crippen LogP contribution in [0, 0.1) is 11.3 Å². The maximum atomic E-state index is 13.0. The van der Waals surface area contributed by atoms with Gasteiger partial charge in [-0.2, -0.15) is 10.4 Å². The lowest BCUT2D eigenvalue weighted by molar-refractivity contribution is -0.0684. The van der Waals surface area contributed by atoms with E-state index in [-0.39, 0.29) is 24.7 Å². The Kier molecular flexibility index (Phi) is 18.1.